The summed E-state index contributed by atoms with van der Waals surface area (Å²) in [6.07, 6.45) is 3.19. The van der Waals surface area contributed by atoms with Gasteiger partial charge in [-0.3, -0.25) is 15.0 Å². The second-order valence-corrected chi connectivity index (χ2v) is 12.6. The first kappa shape index (κ1) is 29.6. The van der Waals surface area contributed by atoms with Crippen molar-refractivity contribution in [3.8, 4) is 0 Å². The summed E-state index contributed by atoms with van der Waals surface area (Å²) in [5.74, 6) is -1.87. The molecular weight excluding hydrogens is 484 g/mol. The van der Waals surface area contributed by atoms with Gasteiger partial charge in [0.1, 0.15) is 12.0 Å². The van der Waals surface area contributed by atoms with Crippen molar-refractivity contribution < 1.29 is 32.2 Å². The molecule has 1 atom stereocenters. The third-order valence-electron chi connectivity index (χ3n) is 6.11. The number of carbonyl (C=O) groups is 2. The number of carbonyl (C=O) groups excluding carboxylic acids is 2. The van der Waals surface area contributed by atoms with Crippen molar-refractivity contribution in [2.24, 2.45) is 5.41 Å². The Hall–Kier alpha value is -2.59. The summed E-state index contributed by atoms with van der Waals surface area (Å²) in [7, 11) is -2.00. The van der Waals surface area contributed by atoms with Crippen LogP contribution in [0, 0.1) is 5.41 Å². The van der Waals surface area contributed by atoms with Gasteiger partial charge in [-0.15, -0.1) is 0 Å². The van der Waals surface area contributed by atoms with Gasteiger partial charge in [-0.1, -0.05) is 38.5 Å². The molecule has 9 nitrogen and oxygen atoms in total. The normalized spacial score (nSPS) is 16.8. The molecule has 2 rings (SSSR count). The minimum Gasteiger partial charge on any atom is -0.465 e. The van der Waals surface area contributed by atoms with Crippen LogP contribution in [0.5, 0.6) is 0 Å². The van der Waals surface area contributed by atoms with Crippen molar-refractivity contribution in [1.82, 2.24) is 10.9 Å². The lowest BCUT2D eigenvalue weighted by Gasteiger charge is -2.31. The first-order chi connectivity index (χ1) is 16.6. The van der Waals surface area contributed by atoms with E-state index in [9.17, 15) is 18.0 Å². The zero-order valence-electron chi connectivity index (χ0n) is 22.4. The quantitative estimate of drug-likeness (QED) is 0.297. The Morgan fingerprint density at radius 2 is 1.83 bits per heavy atom. The summed E-state index contributed by atoms with van der Waals surface area (Å²) in [5.41, 5.74) is 5.53. The molecule has 0 saturated heterocycles. The van der Waals surface area contributed by atoms with Gasteiger partial charge in [-0.25, -0.2) is 13.8 Å². The van der Waals surface area contributed by atoms with E-state index < -0.39 is 38.2 Å². The number of hydrogen-bond acceptors (Lipinski definition) is 8. The van der Waals surface area contributed by atoms with E-state index in [0.717, 1.165) is 11.1 Å². The van der Waals surface area contributed by atoms with Crippen molar-refractivity contribution >= 4 is 27.5 Å². The van der Waals surface area contributed by atoms with Crippen LogP contribution in [-0.4, -0.2) is 51.2 Å². The summed E-state index contributed by atoms with van der Waals surface area (Å²) in [5, 5.41) is 0. The minimum absolute atomic E-state index is 0.139. The van der Waals surface area contributed by atoms with Crippen LogP contribution in [-0.2, 0) is 39.1 Å². The predicted octanol–water partition coefficient (Wildman–Crippen LogP) is 3.45. The molecule has 10 heteroatoms. The molecule has 1 aromatic rings. The average molecular weight is 525 g/mol. The molecule has 0 saturated carbocycles. The fraction of sp³-hybridized carbons (Fsp3) is 0.615. The Labute approximate surface area is 214 Å². The second-order valence-electron chi connectivity index (χ2n) is 10.6. The molecule has 202 valence electrons. The first-order valence-electron chi connectivity index (χ1n) is 12.1. The fourth-order valence-electron chi connectivity index (χ4n) is 4.31. The van der Waals surface area contributed by atoms with Gasteiger partial charge < -0.3 is 14.2 Å². The summed E-state index contributed by atoms with van der Waals surface area (Å²) in [4.78, 5) is 24.8. The molecule has 0 spiro atoms. The van der Waals surface area contributed by atoms with Gasteiger partial charge in [0.05, 0.1) is 17.8 Å². The van der Waals surface area contributed by atoms with E-state index >= 15 is 0 Å². The zero-order valence-corrected chi connectivity index (χ0v) is 23.2. The molecule has 2 N–H and O–H groups in total. The highest BCUT2D eigenvalue weighted by Crippen LogP contribution is 2.37. The highest BCUT2D eigenvalue weighted by atomic mass is 32.2. The molecule has 1 unspecified atom stereocenters. The first-order valence-corrected chi connectivity index (χ1v) is 14.0. The van der Waals surface area contributed by atoms with E-state index in [0.29, 0.717) is 25.0 Å². The van der Waals surface area contributed by atoms with Crippen LogP contribution in [0.1, 0.15) is 71.9 Å². The lowest BCUT2D eigenvalue weighted by atomic mass is 9.75. The third kappa shape index (κ3) is 8.23. The maximum Gasteiger partial charge on any atom is 0.321 e. The number of nitrogens with one attached hydrogen (secondary N) is 2. The summed E-state index contributed by atoms with van der Waals surface area (Å²) in [6, 6.07) is 7.58. The van der Waals surface area contributed by atoms with Gasteiger partial charge in [0.2, 0.25) is 11.7 Å². The Kier molecular flexibility index (Phi) is 9.58. The van der Waals surface area contributed by atoms with Crippen molar-refractivity contribution in [1.29, 1.82) is 0 Å². The predicted molar refractivity (Wildman–Crippen MR) is 138 cm³/mol. The molecule has 1 amide bonds. The van der Waals surface area contributed by atoms with Crippen LogP contribution >= 0.6 is 0 Å². The monoisotopic (exact) mass is 524 g/mol. The lowest BCUT2D eigenvalue weighted by Crippen LogP contribution is -2.47. The lowest BCUT2D eigenvalue weighted by molar-refractivity contribution is -0.140. The number of esters is 1. The molecule has 0 fully saturated rings. The largest absolute Gasteiger partial charge is 0.465 e. The van der Waals surface area contributed by atoms with Crippen LogP contribution in [0.4, 0.5) is 0 Å². The summed E-state index contributed by atoms with van der Waals surface area (Å²) in [6.45, 7) is 11.0. The molecule has 0 radical (unpaired) electrons. The Balaban J connectivity index is 2.17. The minimum atomic E-state index is -3.62. The Bertz CT molecular complexity index is 1080. The smallest absolute Gasteiger partial charge is 0.321 e. The molecule has 1 aliphatic rings. The average Bonchev–Trinajstić information content (AvgIpc) is 3.12. The highest BCUT2D eigenvalue weighted by molar-refractivity contribution is 7.92. The molecule has 1 aliphatic heterocycles. The van der Waals surface area contributed by atoms with Gasteiger partial charge in [0.15, 0.2) is 15.6 Å². The number of sulfone groups is 1. The number of hydrogen-bond donors (Lipinski definition) is 2. The van der Waals surface area contributed by atoms with Gasteiger partial charge in [0.25, 0.3) is 0 Å². The van der Waals surface area contributed by atoms with Crippen molar-refractivity contribution in [3.05, 3.63) is 41.7 Å². The molecule has 0 aromatic heterocycles. The van der Waals surface area contributed by atoms with Crippen LogP contribution in [0.25, 0.3) is 5.76 Å². The van der Waals surface area contributed by atoms with Crippen LogP contribution in [0.2, 0.25) is 0 Å². The van der Waals surface area contributed by atoms with Crippen molar-refractivity contribution in [2.75, 3.05) is 25.2 Å². The van der Waals surface area contributed by atoms with E-state index in [1.165, 1.54) is 0 Å². The topological polar surface area (TPSA) is 120 Å². The van der Waals surface area contributed by atoms with Crippen LogP contribution in [0.15, 0.2) is 30.5 Å². The van der Waals surface area contributed by atoms with Crippen LogP contribution < -0.4 is 10.9 Å². The van der Waals surface area contributed by atoms with Crippen LogP contribution in [0.3, 0.4) is 0 Å². The maximum absolute atomic E-state index is 13.2. The maximum atomic E-state index is 13.2. The highest BCUT2D eigenvalue weighted by Gasteiger charge is 2.37. The van der Waals surface area contributed by atoms with E-state index in [1.54, 1.807) is 20.2 Å². The standard InChI is InChI=1S/C26H40N2O7S/c1-8-33-22(29)17-36(31,32)18-24(2,3)13-10-14-26(6,23(30)28-27-7)20-12-9-11-19(15-20)21-16-34-25(4,5)35-21/h9,11-12,15-16,27H,8,10,13-14,17-18H2,1-7H3,(H,28,30). The molecular formula is C26H40N2O7S. The number of rotatable bonds is 13. The van der Waals surface area contributed by atoms with E-state index in [-0.39, 0.29) is 18.3 Å². The number of amides is 1. The van der Waals surface area contributed by atoms with E-state index in [2.05, 4.69) is 10.9 Å². The van der Waals surface area contributed by atoms with E-state index in [1.807, 2.05) is 58.9 Å². The number of benzene rings is 1. The van der Waals surface area contributed by atoms with E-state index in [4.69, 9.17) is 14.2 Å². The molecule has 1 heterocycles. The number of ether oxygens (including phenoxy) is 3. The SMILES string of the molecule is CCOC(=O)CS(=O)(=O)CC(C)(C)CCCC(C)(C(=O)NNC)c1cccc(C2=COC(C)(C)O2)c1. The van der Waals surface area contributed by atoms with Crippen molar-refractivity contribution in [3.63, 3.8) is 0 Å². The summed E-state index contributed by atoms with van der Waals surface area (Å²) >= 11 is 0. The molecule has 0 aliphatic carbocycles. The van der Waals surface area contributed by atoms with Gasteiger partial charge in [-0.2, -0.15) is 0 Å². The zero-order chi connectivity index (χ0) is 27.2. The third-order valence-corrected chi connectivity index (χ3v) is 8.01. The molecule has 36 heavy (non-hydrogen) atoms. The van der Waals surface area contributed by atoms with Gasteiger partial charge in [-0.05, 0) is 43.7 Å². The van der Waals surface area contributed by atoms with Crippen molar-refractivity contribution in [2.45, 2.75) is 72.0 Å². The Morgan fingerprint density at radius 1 is 1.14 bits per heavy atom. The molecule has 1 aromatic carbocycles. The summed E-state index contributed by atoms with van der Waals surface area (Å²) < 4.78 is 41.2. The fourth-order valence-corrected chi connectivity index (χ4v) is 6.19. The Morgan fingerprint density at radius 3 is 2.42 bits per heavy atom. The molecule has 0 bridgehead atoms. The van der Waals surface area contributed by atoms with Gasteiger partial charge in [0, 0.05) is 26.5 Å². The second kappa shape index (κ2) is 11.6. The number of hydrazine groups is 1. The van der Waals surface area contributed by atoms with Gasteiger partial charge >= 0.3 is 5.97 Å².